The van der Waals surface area contributed by atoms with E-state index in [9.17, 15) is 19.5 Å². The molecule has 2 aromatic carbocycles. The van der Waals surface area contributed by atoms with Crippen LogP contribution >= 0.6 is 0 Å². The average molecular weight is 635 g/mol. The summed E-state index contributed by atoms with van der Waals surface area (Å²) in [4.78, 5) is 44.2. The highest BCUT2D eigenvalue weighted by Crippen LogP contribution is 2.46. The van der Waals surface area contributed by atoms with Gasteiger partial charge in [0.2, 0.25) is 0 Å². The molecule has 13 heteroatoms. The Bertz CT molecular complexity index is 1680. The van der Waals surface area contributed by atoms with Crippen LogP contribution < -0.4 is 20.5 Å². The Morgan fingerprint density at radius 1 is 1.02 bits per heavy atom. The molecule has 1 aromatic heterocycles. The smallest absolute Gasteiger partial charge is 0.351 e. The predicted molar refractivity (Wildman–Crippen MR) is 168 cm³/mol. The number of anilines is 2. The van der Waals surface area contributed by atoms with Gasteiger partial charge in [-0.2, -0.15) is 4.98 Å². The first kappa shape index (κ1) is 31.0. The fourth-order valence-electron chi connectivity index (χ4n) is 5.49. The lowest BCUT2D eigenvalue weighted by molar-refractivity contribution is -0.0375. The summed E-state index contributed by atoms with van der Waals surface area (Å²) in [6.45, 7) is 12.5. The molecule has 3 aliphatic heterocycles. The molecule has 12 nitrogen and oxygen atoms in total. The standard InChI is InChI=1S/C32H38N4O8Si/c1-7-20-25(37)26(44-45(5,6)32(2,3)4)30(43-20)36-17-23-27(34-31(36)40)33-24-21(13-10-14-22(24)42-23)41-16-15-35-28(38)18-11-8-9-12-19(18)29(35)39/h8-14,17,20,25-26,30,37H,7,15-16H2,1-6H3,(H,33,34,40)/t20-,25?,26+,30-/m1/s1. The number of aliphatic hydroxyl groups is 1. The minimum Gasteiger partial charge on any atom is -0.489 e. The lowest BCUT2D eigenvalue weighted by atomic mass is 10.1. The summed E-state index contributed by atoms with van der Waals surface area (Å²) >= 11 is 0. The molecule has 3 aromatic rings. The topological polar surface area (TPSA) is 141 Å². The zero-order valence-corrected chi connectivity index (χ0v) is 27.2. The van der Waals surface area contributed by atoms with Crippen molar-refractivity contribution in [1.82, 2.24) is 14.5 Å². The number of nitrogens with one attached hydrogen (secondary N) is 1. The van der Waals surface area contributed by atoms with Crippen molar-refractivity contribution in [2.45, 2.75) is 76.8 Å². The quantitative estimate of drug-likeness (QED) is 0.205. The van der Waals surface area contributed by atoms with Gasteiger partial charge in [-0.1, -0.05) is 45.9 Å². The molecular weight excluding hydrogens is 596 g/mol. The van der Waals surface area contributed by atoms with Crippen molar-refractivity contribution in [3.63, 3.8) is 0 Å². The maximum atomic E-state index is 13.4. The van der Waals surface area contributed by atoms with E-state index in [2.05, 4.69) is 44.2 Å². The fraction of sp³-hybridized carbons (Fsp3) is 0.438. The second kappa shape index (κ2) is 11.4. The van der Waals surface area contributed by atoms with E-state index in [4.69, 9.17) is 18.6 Å². The van der Waals surface area contributed by atoms with Gasteiger partial charge in [0.1, 0.15) is 30.3 Å². The molecule has 238 valence electrons. The van der Waals surface area contributed by atoms with Crippen LogP contribution in [0.1, 0.15) is 61.1 Å². The first-order valence-electron chi connectivity index (χ1n) is 15.1. The van der Waals surface area contributed by atoms with Crippen LogP contribution in [0.5, 0.6) is 17.2 Å². The summed E-state index contributed by atoms with van der Waals surface area (Å²) in [5, 5.41) is 14.2. The minimum absolute atomic E-state index is 0.0427. The molecule has 1 saturated heterocycles. The largest absolute Gasteiger partial charge is 0.489 e. The van der Waals surface area contributed by atoms with Gasteiger partial charge in [0.25, 0.3) is 11.8 Å². The molecule has 4 heterocycles. The third kappa shape index (κ3) is 5.43. The Morgan fingerprint density at radius 3 is 2.36 bits per heavy atom. The van der Waals surface area contributed by atoms with Crippen LogP contribution in [0.3, 0.4) is 0 Å². The molecule has 45 heavy (non-hydrogen) atoms. The SMILES string of the molecule is CC[C@H]1O[C@@H](n2cc3c(nc2=O)Nc2c(OCCN4C(=O)c5ccccc5C4=O)cccc2O3)[C@@H](O[Si](C)(C)C(C)(C)C)C1O. The number of benzene rings is 2. The van der Waals surface area contributed by atoms with Gasteiger partial charge in [0, 0.05) is 0 Å². The zero-order valence-electron chi connectivity index (χ0n) is 26.2. The van der Waals surface area contributed by atoms with E-state index < -0.39 is 38.5 Å². The average Bonchev–Trinajstić information content (AvgIpc) is 3.43. The number of hydrogen-bond acceptors (Lipinski definition) is 10. The van der Waals surface area contributed by atoms with Gasteiger partial charge in [-0.3, -0.25) is 19.1 Å². The number of ether oxygens (including phenoxy) is 3. The Balaban J connectivity index is 1.21. The zero-order chi connectivity index (χ0) is 32.3. The maximum Gasteiger partial charge on any atom is 0.351 e. The van der Waals surface area contributed by atoms with Crippen LogP contribution in [-0.2, 0) is 9.16 Å². The molecule has 2 amide bonds. The first-order chi connectivity index (χ1) is 21.3. The number of fused-ring (bicyclic) bond motifs is 3. The van der Waals surface area contributed by atoms with Crippen molar-refractivity contribution >= 4 is 31.6 Å². The summed E-state index contributed by atoms with van der Waals surface area (Å²) < 4.78 is 26.3. The number of aromatic nitrogens is 2. The van der Waals surface area contributed by atoms with E-state index in [0.717, 1.165) is 4.90 Å². The molecule has 0 spiro atoms. The minimum atomic E-state index is -2.35. The molecule has 3 aliphatic rings. The summed E-state index contributed by atoms with van der Waals surface area (Å²) in [6.07, 6.45) is -1.02. The second-order valence-corrected chi connectivity index (χ2v) is 17.7. The van der Waals surface area contributed by atoms with Crippen molar-refractivity contribution in [1.29, 1.82) is 0 Å². The highest BCUT2D eigenvalue weighted by molar-refractivity contribution is 6.74. The van der Waals surface area contributed by atoms with Crippen molar-refractivity contribution in [3.8, 4) is 17.2 Å². The molecule has 0 aliphatic carbocycles. The van der Waals surface area contributed by atoms with Crippen LogP contribution in [0.15, 0.2) is 53.5 Å². The summed E-state index contributed by atoms with van der Waals surface area (Å²) in [5.41, 5.74) is 0.608. The number of carbonyl (C=O) groups is 2. The Hall–Kier alpha value is -4.04. The van der Waals surface area contributed by atoms with Gasteiger partial charge < -0.3 is 29.1 Å². The number of aliphatic hydroxyl groups excluding tert-OH is 1. The van der Waals surface area contributed by atoms with E-state index in [-0.39, 0.29) is 41.6 Å². The molecule has 0 radical (unpaired) electrons. The highest BCUT2D eigenvalue weighted by atomic mass is 28.4. The molecule has 4 atom stereocenters. The van der Waals surface area contributed by atoms with E-state index in [1.54, 1.807) is 42.5 Å². The van der Waals surface area contributed by atoms with Crippen LogP contribution in [0, 0.1) is 0 Å². The van der Waals surface area contributed by atoms with Gasteiger partial charge in [0.05, 0.1) is 30.0 Å². The van der Waals surface area contributed by atoms with Gasteiger partial charge in [-0.05, 0) is 48.8 Å². The molecule has 0 saturated carbocycles. The normalized spacial score (nSPS) is 22.4. The third-order valence-corrected chi connectivity index (χ3v) is 13.5. The Kier molecular flexibility index (Phi) is 7.84. The second-order valence-electron chi connectivity index (χ2n) is 13.0. The van der Waals surface area contributed by atoms with E-state index >= 15 is 0 Å². The third-order valence-electron chi connectivity index (χ3n) is 9.05. The number of rotatable bonds is 8. The summed E-state index contributed by atoms with van der Waals surface area (Å²) in [6, 6.07) is 11.9. The summed E-state index contributed by atoms with van der Waals surface area (Å²) in [7, 11) is -2.35. The Morgan fingerprint density at radius 2 is 1.71 bits per heavy atom. The number of nitrogens with zero attached hydrogens (tertiary/aromatic N) is 3. The molecule has 6 rings (SSSR count). The van der Waals surface area contributed by atoms with Gasteiger partial charge >= 0.3 is 5.69 Å². The van der Waals surface area contributed by atoms with Crippen molar-refractivity contribution in [2.75, 3.05) is 18.5 Å². The number of carbonyl (C=O) groups excluding carboxylic acids is 2. The highest BCUT2D eigenvalue weighted by Gasteiger charge is 2.50. The van der Waals surface area contributed by atoms with Crippen LogP contribution in [-0.4, -0.2) is 71.2 Å². The van der Waals surface area contributed by atoms with Crippen molar-refractivity contribution in [3.05, 3.63) is 70.3 Å². The maximum absolute atomic E-state index is 13.4. The Labute approximate surface area is 262 Å². The van der Waals surface area contributed by atoms with Gasteiger partial charge in [-0.25, -0.2) is 4.79 Å². The van der Waals surface area contributed by atoms with Gasteiger partial charge in [-0.15, -0.1) is 0 Å². The van der Waals surface area contributed by atoms with Crippen LogP contribution in [0.25, 0.3) is 0 Å². The van der Waals surface area contributed by atoms with Crippen LogP contribution in [0.2, 0.25) is 18.1 Å². The first-order valence-corrected chi connectivity index (χ1v) is 18.0. The fourth-order valence-corrected chi connectivity index (χ4v) is 6.78. The summed E-state index contributed by atoms with van der Waals surface area (Å²) in [5.74, 6) is 0.594. The number of imide groups is 1. The number of para-hydroxylation sites is 1. The molecule has 2 N–H and O–H groups in total. The van der Waals surface area contributed by atoms with E-state index in [1.807, 2.05) is 6.92 Å². The molecular formula is C32H38N4O8Si. The van der Waals surface area contributed by atoms with Crippen molar-refractivity contribution in [2.24, 2.45) is 0 Å². The predicted octanol–water partition coefficient (Wildman–Crippen LogP) is 4.83. The molecule has 1 unspecified atom stereocenters. The van der Waals surface area contributed by atoms with Crippen LogP contribution in [0.4, 0.5) is 11.5 Å². The van der Waals surface area contributed by atoms with E-state index in [0.29, 0.717) is 34.7 Å². The molecule has 0 bridgehead atoms. The number of amides is 2. The lowest BCUT2D eigenvalue weighted by Crippen LogP contribution is -2.49. The van der Waals surface area contributed by atoms with Crippen molar-refractivity contribution < 1.29 is 33.3 Å². The monoisotopic (exact) mass is 634 g/mol. The van der Waals surface area contributed by atoms with Gasteiger partial charge in [0.15, 0.2) is 31.9 Å². The van der Waals surface area contributed by atoms with E-state index in [1.165, 1.54) is 10.8 Å². The number of hydrogen-bond donors (Lipinski definition) is 2. The molecule has 1 fully saturated rings. The lowest BCUT2D eigenvalue weighted by Gasteiger charge is -2.40.